The van der Waals surface area contributed by atoms with E-state index in [0.717, 1.165) is 49.4 Å². The first kappa shape index (κ1) is 29.3. The van der Waals surface area contributed by atoms with Gasteiger partial charge in [0.15, 0.2) is 5.76 Å². The van der Waals surface area contributed by atoms with Crippen molar-refractivity contribution in [1.29, 1.82) is 0 Å². The molecule has 0 aromatic carbocycles. The lowest BCUT2D eigenvalue weighted by Crippen LogP contribution is -2.47. The second kappa shape index (κ2) is 13.1. The van der Waals surface area contributed by atoms with Crippen molar-refractivity contribution in [2.75, 3.05) is 7.05 Å². The maximum atomic E-state index is 13.0. The molecule has 0 aromatic heterocycles. The van der Waals surface area contributed by atoms with E-state index >= 15 is 0 Å². The van der Waals surface area contributed by atoms with Gasteiger partial charge in [0, 0.05) is 38.6 Å². The summed E-state index contributed by atoms with van der Waals surface area (Å²) in [5.74, 6) is 3.10. The fraction of sp³-hybridized carbons (Fsp3) is 0.750. The predicted molar refractivity (Wildman–Crippen MR) is 153 cm³/mol. The molecule has 4 aliphatic carbocycles. The zero-order valence-corrected chi connectivity index (χ0v) is 25.2. The van der Waals surface area contributed by atoms with Crippen molar-refractivity contribution in [1.82, 2.24) is 5.32 Å². The Morgan fingerprint density at radius 2 is 1.76 bits per heavy atom. The average Bonchev–Trinajstić information content (AvgIpc) is 3.18. The van der Waals surface area contributed by atoms with Gasteiger partial charge in [0.1, 0.15) is 5.78 Å². The minimum Gasteiger partial charge on any atom is -0.422 e. The molecular formula is C32H46BrNO4. The number of rotatable bonds is 12. The molecule has 6 heteroatoms. The smallest absolute Gasteiger partial charge is 0.308 e. The van der Waals surface area contributed by atoms with Gasteiger partial charge in [-0.1, -0.05) is 63.2 Å². The summed E-state index contributed by atoms with van der Waals surface area (Å²) in [7, 11) is 1.70. The highest BCUT2D eigenvalue weighted by atomic mass is 79.9. The van der Waals surface area contributed by atoms with Crippen molar-refractivity contribution in [3.05, 3.63) is 27.1 Å². The second-order valence-electron chi connectivity index (χ2n) is 12.4. The summed E-state index contributed by atoms with van der Waals surface area (Å²) in [4.78, 5) is 35.9. The van der Waals surface area contributed by atoms with Crippen LogP contribution in [0.15, 0.2) is 27.1 Å². The van der Waals surface area contributed by atoms with E-state index in [4.69, 9.17) is 4.74 Å². The van der Waals surface area contributed by atoms with Gasteiger partial charge in [-0.3, -0.25) is 14.4 Å². The first-order chi connectivity index (χ1) is 18.2. The van der Waals surface area contributed by atoms with Crippen LogP contribution in [0.3, 0.4) is 0 Å². The fourth-order valence-corrected chi connectivity index (χ4v) is 8.90. The lowest BCUT2D eigenvalue weighted by molar-refractivity contribution is -0.137. The van der Waals surface area contributed by atoms with Crippen molar-refractivity contribution in [2.24, 2.45) is 29.1 Å². The number of ketones is 1. The van der Waals surface area contributed by atoms with Crippen molar-refractivity contribution < 1.29 is 19.1 Å². The van der Waals surface area contributed by atoms with Crippen LogP contribution in [0.5, 0.6) is 0 Å². The molecule has 0 spiro atoms. The molecule has 2 fully saturated rings. The number of ether oxygens (including phenoxy) is 1. The number of unbranched alkanes of at least 4 members (excludes halogenated alkanes) is 7. The Morgan fingerprint density at radius 3 is 2.45 bits per heavy atom. The lowest BCUT2D eigenvalue weighted by atomic mass is 9.51. The largest absolute Gasteiger partial charge is 0.422 e. The summed E-state index contributed by atoms with van der Waals surface area (Å²) < 4.78 is 6.44. The van der Waals surface area contributed by atoms with E-state index in [1.165, 1.54) is 63.0 Å². The second-order valence-corrected chi connectivity index (χ2v) is 13.2. The van der Waals surface area contributed by atoms with Crippen LogP contribution in [0.2, 0.25) is 0 Å². The normalized spacial score (nSPS) is 30.2. The molecule has 4 rings (SSSR count). The zero-order chi connectivity index (χ0) is 27.3. The molecule has 0 saturated heterocycles. The first-order valence-electron chi connectivity index (χ1n) is 15.0. The Morgan fingerprint density at radius 1 is 1.08 bits per heavy atom. The zero-order valence-electron chi connectivity index (χ0n) is 23.6. The van der Waals surface area contributed by atoms with Gasteiger partial charge in [0.2, 0.25) is 5.91 Å². The number of halogens is 1. The van der Waals surface area contributed by atoms with E-state index in [1.54, 1.807) is 7.05 Å². The molecule has 3 unspecified atom stereocenters. The van der Waals surface area contributed by atoms with Gasteiger partial charge in [-0.2, -0.15) is 0 Å². The van der Waals surface area contributed by atoms with Crippen molar-refractivity contribution in [3.8, 4) is 0 Å². The number of hydrogen-bond acceptors (Lipinski definition) is 4. The molecule has 5 atom stereocenters. The summed E-state index contributed by atoms with van der Waals surface area (Å²) in [6, 6.07) is 0. The maximum Gasteiger partial charge on any atom is 0.308 e. The molecule has 4 aliphatic rings. The molecule has 0 heterocycles. The number of fused-ring (bicyclic) bond motifs is 4. The summed E-state index contributed by atoms with van der Waals surface area (Å²) in [6.07, 6.45) is 17.1. The van der Waals surface area contributed by atoms with Crippen molar-refractivity contribution in [3.63, 3.8) is 0 Å². The quantitative estimate of drug-likeness (QED) is 0.144. The predicted octanol–water partition coefficient (Wildman–Crippen LogP) is 7.69. The van der Waals surface area contributed by atoms with Crippen LogP contribution < -0.4 is 5.32 Å². The van der Waals surface area contributed by atoms with E-state index in [2.05, 4.69) is 33.9 Å². The van der Waals surface area contributed by atoms with Crippen LogP contribution in [-0.2, 0) is 19.1 Å². The van der Waals surface area contributed by atoms with E-state index in [9.17, 15) is 14.4 Å². The average molecular weight is 589 g/mol. The van der Waals surface area contributed by atoms with E-state index in [1.807, 2.05) is 0 Å². The molecule has 38 heavy (non-hydrogen) atoms. The molecule has 1 amide bonds. The summed E-state index contributed by atoms with van der Waals surface area (Å²) in [5, 5.41) is 2.69. The standard InChI is InChI=1S/C32H46BrNO4/c1-21(35)38-24-19-23-18-22(12-10-8-6-4-5-7-9-11-13-29(37)34-3)30-25(31(23)27(33)20-24)16-17-32(2)26(30)14-15-28(32)36/h22,25-26,30H,4-19H2,1-3H3,(H,34,37)/t22-,25?,26?,30?,32+/m1/s1. The minimum absolute atomic E-state index is 0.140. The van der Waals surface area contributed by atoms with E-state index in [-0.39, 0.29) is 17.3 Å². The summed E-state index contributed by atoms with van der Waals surface area (Å²) in [5.41, 5.74) is 6.01. The molecule has 0 radical (unpaired) electrons. The monoisotopic (exact) mass is 587 g/mol. The van der Waals surface area contributed by atoms with Gasteiger partial charge < -0.3 is 10.1 Å². The molecule has 5 nitrogen and oxygen atoms in total. The van der Waals surface area contributed by atoms with Gasteiger partial charge in [-0.15, -0.1) is 0 Å². The highest BCUT2D eigenvalue weighted by Crippen LogP contribution is 2.62. The number of nitrogens with one attached hydrogen (secondary N) is 1. The Hall–Kier alpha value is -1.65. The van der Waals surface area contributed by atoms with Crippen LogP contribution in [0.4, 0.5) is 0 Å². The van der Waals surface area contributed by atoms with Gasteiger partial charge in [-0.25, -0.2) is 0 Å². The Balaban J connectivity index is 1.35. The number of carbonyl (C=O) groups excluding carboxylic acids is 3. The van der Waals surface area contributed by atoms with Crippen LogP contribution >= 0.6 is 15.9 Å². The topological polar surface area (TPSA) is 72.5 Å². The molecule has 0 bridgehead atoms. The molecule has 1 N–H and O–H groups in total. The van der Waals surface area contributed by atoms with Crippen LogP contribution in [0.25, 0.3) is 0 Å². The minimum atomic E-state index is -0.286. The van der Waals surface area contributed by atoms with E-state index < -0.39 is 0 Å². The number of amides is 1. The molecule has 0 aliphatic heterocycles. The Kier molecular flexibility index (Phi) is 10.1. The summed E-state index contributed by atoms with van der Waals surface area (Å²) in [6.45, 7) is 3.71. The number of esters is 1. The van der Waals surface area contributed by atoms with Crippen LogP contribution in [-0.4, -0.2) is 24.7 Å². The molecule has 210 valence electrons. The lowest BCUT2D eigenvalue weighted by Gasteiger charge is -2.52. The first-order valence-corrected chi connectivity index (χ1v) is 15.8. The third kappa shape index (κ3) is 6.55. The van der Waals surface area contributed by atoms with Gasteiger partial charge in [-0.05, 0) is 83.7 Å². The molecule has 2 saturated carbocycles. The molecule has 0 aromatic rings. The highest BCUT2D eigenvalue weighted by Gasteiger charge is 2.57. The number of allylic oxidation sites excluding steroid dienone is 2. The maximum absolute atomic E-state index is 13.0. The third-order valence-corrected chi connectivity index (χ3v) is 10.6. The highest BCUT2D eigenvalue weighted by molar-refractivity contribution is 9.12. The number of hydrogen-bond donors (Lipinski definition) is 1. The SMILES string of the molecule is CNC(=O)CCCCCCCCCC[C@@H]1CC2=C(C(Br)=C=C(OC(C)=O)C2)C2CC[C@]3(C)C(=O)CCC3C21. The Bertz CT molecular complexity index is 1020. The number of Topliss-reactive ketones (excluding diaryl/α,β-unsaturated/α-hetero) is 1. The van der Waals surface area contributed by atoms with Crippen LogP contribution in [0, 0.1) is 29.1 Å². The van der Waals surface area contributed by atoms with Gasteiger partial charge in [0.05, 0.1) is 4.48 Å². The number of carbonyl (C=O) groups is 3. The molecular weight excluding hydrogens is 542 g/mol. The van der Waals surface area contributed by atoms with Crippen LogP contribution in [0.1, 0.15) is 117 Å². The van der Waals surface area contributed by atoms with Gasteiger partial charge in [0.25, 0.3) is 0 Å². The van der Waals surface area contributed by atoms with Crippen molar-refractivity contribution >= 4 is 33.6 Å². The summed E-state index contributed by atoms with van der Waals surface area (Å²) >= 11 is 3.80. The Labute approximate surface area is 237 Å². The fourth-order valence-electron chi connectivity index (χ4n) is 8.11. The van der Waals surface area contributed by atoms with E-state index in [0.29, 0.717) is 48.1 Å². The van der Waals surface area contributed by atoms with Crippen molar-refractivity contribution in [2.45, 2.75) is 117 Å². The third-order valence-electron chi connectivity index (χ3n) is 9.98. The van der Waals surface area contributed by atoms with Gasteiger partial charge >= 0.3 is 5.97 Å².